The summed E-state index contributed by atoms with van der Waals surface area (Å²) in [6.45, 7) is 0.222. The van der Waals surface area contributed by atoms with Crippen molar-refractivity contribution >= 4 is 11.7 Å². The van der Waals surface area contributed by atoms with E-state index in [0.29, 0.717) is 16.9 Å². The summed E-state index contributed by atoms with van der Waals surface area (Å²) in [5, 5.41) is 2.88. The number of amides is 1. The van der Waals surface area contributed by atoms with Crippen LogP contribution >= 0.6 is 0 Å². The molecule has 4 nitrogen and oxygen atoms in total. The standard InChI is InChI=1S/C15H16FN3O/c1-17-14-8-7-11(9-18-14)15(20)19(2)10-12-5-3-4-6-13(12)16/h3-9H,10H2,1-2H3,(H,17,18). The maximum Gasteiger partial charge on any atom is 0.255 e. The van der Waals surface area contributed by atoms with Crippen molar-refractivity contribution in [1.82, 2.24) is 9.88 Å². The lowest BCUT2D eigenvalue weighted by Crippen LogP contribution is -2.26. The van der Waals surface area contributed by atoms with E-state index in [9.17, 15) is 9.18 Å². The molecule has 0 aliphatic carbocycles. The number of rotatable bonds is 4. The molecular weight excluding hydrogens is 257 g/mol. The third kappa shape index (κ3) is 3.12. The van der Waals surface area contributed by atoms with Gasteiger partial charge in [-0.15, -0.1) is 0 Å². The molecule has 1 N–H and O–H groups in total. The average molecular weight is 273 g/mol. The number of nitrogens with one attached hydrogen (secondary N) is 1. The fourth-order valence-corrected chi connectivity index (χ4v) is 1.84. The van der Waals surface area contributed by atoms with Crippen LogP contribution in [0.2, 0.25) is 0 Å². The number of aromatic nitrogens is 1. The Hall–Kier alpha value is -2.43. The summed E-state index contributed by atoms with van der Waals surface area (Å²) in [6.07, 6.45) is 1.51. The molecular formula is C15H16FN3O. The number of carbonyl (C=O) groups excluding carboxylic acids is 1. The highest BCUT2D eigenvalue weighted by Crippen LogP contribution is 2.12. The van der Waals surface area contributed by atoms with Gasteiger partial charge in [0, 0.05) is 32.4 Å². The molecule has 0 spiro atoms. The highest BCUT2D eigenvalue weighted by molar-refractivity contribution is 5.93. The van der Waals surface area contributed by atoms with Crippen LogP contribution < -0.4 is 5.32 Å². The Morgan fingerprint density at radius 3 is 2.65 bits per heavy atom. The van der Waals surface area contributed by atoms with E-state index in [4.69, 9.17) is 0 Å². The molecule has 1 heterocycles. The number of hydrogen-bond donors (Lipinski definition) is 1. The third-order valence-electron chi connectivity index (χ3n) is 2.98. The first-order valence-electron chi connectivity index (χ1n) is 6.24. The Bertz CT molecular complexity index is 598. The number of carbonyl (C=O) groups is 1. The molecule has 0 unspecified atom stereocenters. The van der Waals surface area contributed by atoms with Gasteiger partial charge in [0.25, 0.3) is 5.91 Å². The van der Waals surface area contributed by atoms with Gasteiger partial charge < -0.3 is 10.2 Å². The van der Waals surface area contributed by atoms with E-state index in [1.807, 2.05) is 0 Å². The van der Waals surface area contributed by atoms with Crippen LogP contribution in [0.3, 0.4) is 0 Å². The molecule has 2 aromatic rings. The van der Waals surface area contributed by atoms with Crippen molar-refractivity contribution in [2.75, 3.05) is 19.4 Å². The summed E-state index contributed by atoms with van der Waals surface area (Å²) in [5.74, 6) is 0.192. The Labute approximate surface area is 117 Å². The number of pyridine rings is 1. The zero-order valence-electron chi connectivity index (χ0n) is 11.4. The van der Waals surface area contributed by atoms with Crippen LogP contribution in [0.5, 0.6) is 0 Å². The van der Waals surface area contributed by atoms with Gasteiger partial charge in [0.05, 0.1) is 5.56 Å². The monoisotopic (exact) mass is 273 g/mol. The Morgan fingerprint density at radius 2 is 2.05 bits per heavy atom. The summed E-state index contributed by atoms with van der Waals surface area (Å²) in [4.78, 5) is 17.8. The molecule has 0 saturated carbocycles. The van der Waals surface area contributed by atoms with Gasteiger partial charge in [-0.3, -0.25) is 4.79 Å². The Kier molecular flexibility index (Phi) is 4.30. The Morgan fingerprint density at radius 1 is 1.30 bits per heavy atom. The van der Waals surface area contributed by atoms with E-state index in [0.717, 1.165) is 0 Å². The van der Waals surface area contributed by atoms with Crippen LogP contribution in [0.4, 0.5) is 10.2 Å². The van der Waals surface area contributed by atoms with Crippen molar-refractivity contribution in [1.29, 1.82) is 0 Å². The SMILES string of the molecule is CNc1ccc(C(=O)N(C)Cc2ccccc2F)cn1. The van der Waals surface area contributed by atoms with Crippen molar-refractivity contribution in [2.45, 2.75) is 6.54 Å². The molecule has 0 bridgehead atoms. The second-order valence-corrected chi connectivity index (χ2v) is 4.43. The lowest BCUT2D eigenvalue weighted by Gasteiger charge is -2.17. The van der Waals surface area contributed by atoms with E-state index in [1.165, 1.54) is 17.2 Å². The van der Waals surface area contributed by atoms with Crippen molar-refractivity contribution in [3.63, 3.8) is 0 Å². The molecule has 20 heavy (non-hydrogen) atoms. The maximum atomic E-state index is 13.6. The summed E-state index contributed by atoms with van der Waals surface area (Å²) in [6, 6.07) is 9.85. The van der Waals surface area contributed by atoms with E-state index in [2.05, 4.69) is 10.3 Å². The van der Waals surface area contributed by atoms with Gasteiger partial charge in [0.2, 0.25) is 0 Å². The molecule has 2 rings (SSSR count). The summed E-state index contributed by atoms with van der Waals surface area (Å²) in [7, 11) is 3.40. The molecule has 0 fully saturated rings. The maximum absolute atomic E-state index is 13.6. The molecule has 1 aromatic carbocycles. The number of anilines is 1. The normalized spacial score (nSPS) is 10.2. The minimum Gasteiger partial charge on any atom is -0.373 e. The van der Waals surface area contributed by atoms with Gasteiger partial charge in [0.1, 0.15) is 11.6 Å². The molecule has 0 aliphatic heterocycles. The lowest BCUT2D eigenvalue weighted by atomic mass is 10.2. The van der Waals surface area contributed by atoms with E-state index in [1.54, 1.807) is 44.4 Å². The summed E-state index contributed by atoms with van der Waals surface area (Å²) < 4.78 is 13.6. The van der Waals surface area contributed by atoms with Crippen molar-refractivity contribution in [2.24, 2.45) is 0 Å². The average Bonchev–Trinajstić information content (AvgIpc) is 2.49. The predicted molar refractivity (Wildman–Crippen MR) is 76.0 cm³/mol. The number of benzene rings is 1. The van der Waals surface area contributed by atoms with Crippen LogP contribution in [-0.2, 0) is 6.54 Å². The first kappa shape index (κ1) is 14.0. The molecule has 1 amide bonds. The van der Waals surface area contributed by atoms with E-state index < -0.39 is 0 Å². The quantitative estimate of drug-likeness (QED) is 0.931. The highest BCUT2D eigenvalue weighted by Gasteiger charge is 2.13. The van der Waals surface area contributed by atoms with E-state index in [-0.39, 0.29) is 18.3 Å². The number of nitrogens with zero attached hydrogens (tertiary/aromatic N) is 2. The highest BCUT2D eigenvalue weighted by atomic mass is 19.1. The molecule has 0 atom stereocenters. The van der Waals surface area contributed by atoms with Gasteiger partial charge in [-0.2, -0.15) is 0 Å². The third-order valence-corrected chi connectivity index (χ3v) is 2.98. The Balaban J connectivity index is 2.10. The fraction of sp³-hybridized carbons (Fsp3) is 0.200. The second-order valence-electron chi connectivity index (χ2n) is 4.43. The molecule has 0 aliphatic rings. The first-order valence-corrected chi connectivity index (χ1v) is 6.24. The zero-order chi connectivity index (χ0) is 14.5. The fourth-order valence-electron chi connectivity index (χ4n) is 1.84. The molecule has 1 aromatic heterocycles. The lowest BCUT2D eigenvalue weighted by molar-refractivity contribution is 0.0783. The largest absolute Gasteiger partial charge is 0.373 e. The molecule has 104 valence electrons. The minimum absolute atomic E-state index is 0.191. The topological polar surface area (TPSA) is 45.2 Å². The van der Waals surface area contributed by atoms with Crippen LogP contribution in [0.25, 0.3) is 0 Å². The summed E-state index contributed by atoms with van der Waals surface area (Å²) >= 11 is 0. The van der Waals surface area contributed by atoms with Crippen LogP contribution in [-0.4, -0.2) is 29.9 Å². The number of halogens is 1. The van der Waals surface area contributed by atoms with Crippen molar-refractivity contribution in [3.8, 4) is 0 Å². The smallest absolute Gasteiger partial charge is 0.255 e. The van der Waals surface area contributed by atoms with Crippen molar-refractivity contribution in [3.05, 3.63) is 59.5 Å². The van der Waals surface area contributed by atoms with Gasteiger partial charge in [0.15, 0.2) is 0 Å². The molecule has 0 saturated heterocycles. The van der Waals surface area contributed by atoms with Crippen LogP contribution in [0, 0.1) is 5.82 Å². The number of hydrogen-bond acceptors (Lipinski definition) is 3. The van der Waals surface area contributed by atoms with Crippen LogP contribution in [0.1, 0.15) is 15.9 Å². The van der Waals surface area contributed by atoms with Crippen molar-refractivity contribution < 1.29 is 9.18 Å². The van der Waals surface area contributed by atoms with E-state index >= 15 is 0 Å². The minimum atomic E-state index is -0.309. The first-order chi connectivity index (χ1) is 9.61. The zero-order valence-corrected chi connectivity index (χ0v) is 11.4. The molecule has 5 heteroatoms. The van der Waals surface area contributed by atoms with Gasteiger partial charge >= 0.3 is 0 Å². The van der Waals surface area contributed by atoms with Crippen LogP contribution in [0.15, 0.2) is 42.6 Å². The predicted octanol–water partition coefficient (Wildman–Crippen LogP) is 2.53. The second kappa shape index (κ2) is 6.14. The van der Waals surface area contributed by atoms with Gasteiger partial charge in [-0.05, 0) is 18.2 Å². The summed E-state index contributed by atoms with van der Waals surface area (Å²) in [5.41, 5.74) is 0.964. The van der Waals surface area contributed by atoms with Gasteiger partial charge in [-0.1, -0.05) is 18.2 Å². The van der Waals surface area contributed by atoms with Gasteiger partial charge in [-0.25, -0.2) is 9.37 Å². The molecule has 0 radical (unpaired) electrons.